The second-order valence-corrected chi connectivity index (χ2v) is 7.51. The number of amidine groups is 1. The molecule has 0 spiro atoms. The first-order valence-electron chi connectivity index (χ1n) is 7.95. The monoisotopic (exact) mass is 456 g/mol. The van der Waals surface area contributed by atoms with Gasteiger partial charge in [0.05, 0.1) is 17.9 Å². The Morgan fingerprint density at radius 1 is 1.33 bits per heavy atom. The average molecular weight is 456 g/mol. The second kappa shape index (κ2) is 9.33. The van der Waals surface area contributed by atoms with E-state index in [9.17, 15) is 31.2 Å². The molecule has 166 valence electrons. The lowest BCUT2D eigenvalue weighted by atomic mass is 10.2. The number of hydrogen-bond acceptors (Lipinski definition) is 9. The smallest absolute Gasteiger partial charge is 0.363 e. The third-order valence-corrected chi connectivity index (χ3v) is 4.75. The summed E-state index contributed by atoms with van der Waals surface area (Å²) in [6.45, 7) is -0.377. The van der Waals surface area contributed by atoms with Crippen molar-refractivity contribution in [3.8, 4) is 0 Å². The van der Waals surface area contributed by atoms with Gasteiger partial charge in [0.1, 0.15) is 5.82 Å². The van der Waals surface area contributed by atoms with Gasteiger partial charge < -0.3 is 5.32 Å². The summed E-state index contributed by atoms with van der Waals surface area (Å²) in [4.78, 5) is 3.77. The fourth-order valence-corrected chi connectivity index (χ4v) is 2.45. The topological polar surface area (TPSA) is 142 Å². The molecule has 0 aliphatic carbocycles. The van der Waals surface area contributed by atoms with Crippen molar-refractivity contribution in [1.29, 1.82) is 0 Å². The van der Waals surface area contributed by atoms with E-state index >= 15 is 0 Å². The minimum atomic E-state index is -4.88. The molecular weight excluding hydrogens is 440 g/mol. The van der Waals surface area contributed by atoms with Gasteiger partial charge in [-0.05, 0) is 22.4 Å². The quantitative estimate of drug-likeness (QED) is 0.177. The zero-order chi connectivity index (χ0) is 22.5. The Labute approximate surface area is 167 Å². The predicted octanol–water partition coefficient (Wildman–Crippen LogP) is 1.52. The number of nitrogens with zero attached hydrogens (tertiary/aromatic N) is 4. The molecule has 0 unspecified atom stereocenters. The summed E-state index contributed by atoms with van der Waals surface area (Å²) in [6, 6.07) is 1.89. The molecule has 11 nitrogen and oxygen atoms in total. The van der Waals surface area contributed by atoms with Crippen LogP contribution in [0.2, 0.25) is 0 Å². The van der Waals surface area contributed by atoms with Crippen molar-refractivity contribution < 1.29 is 40.0 Å². The first-order chi connectivity index (χ1) is 14.0. The fourth-order valence-electron chi connectivity index (χ4n) is 1.95. The van der Waals surface area contributed by atoms with E-state index in [1.807, 2.05) is 0 Å². The van der Waals surface area contributed by atoms with Crippen molar-refractivity contribution in [2.75, 3.05) is 32.6 Å². The highest BCUT2D eigenvalue weighted by atomic mass is 32.2. The third-order valence-electron chi connectivity index (χ3n) is 3.39. The minimum Gasteiger partial charge on any atom is -0.363 e. The molecule has 1 aromatic heterocycles. The second-order valence-electron chi connectivity index (χ2n) is 5.68. The van der Waals surface area contributed by atoms with E-state index in [0.717, 1.165) is 10.4 Å². The summed E-state index contributed by atoms with van der Waals surface area (Å²) in [5.41, 5.74) is -0.304. The maximum atomic E-state index is 13.7. The molecule has 0 atom stereocenters. The van der Waals surface area contributed by atoms with E-state index in [1.165, 1.54) is 14.1 Å². The van der Waals surface area contributed by atoms with Crippen molar-refractivity contribution >= 4 is 27.6 Å². The number of anilines is 1. The molecule has 0 bridgehead atoms. The van der Waals surface area contributed by atoms with Crippen LogP contribution >= 0.6 is 0 Å². The van der Waals surface area contributed by atoms with Gasteiger partial charge in [0.2, 0.25) is 5.82 Å². The van der Waals surface area contributed by atoms with Crippen LogP contribution < -0.4 is 10.8 Å². The third kappa shape index (κ3) is 5.85. The van der Waals surface area contributed by atoms with Gasteiger partial charge in [0, 0.05) is 26.7 Å². The van der Waals surface area contributed by atoms with E-state index in [2.05, 4.69) is 25.3 Å². The van der Waals surface area contributed by atoms with Gasteiger partial charge in [-0.25, -0.2) is 14.0 Å². The standard InChI is InChI=1S/C14H16F4N6O5S/c1-24(2)30(26,27)28-6-5-19-12-11(22-29-23-12)13(21-25)20-8-3-4-9(10(15)7-8)14(16,17)18/h3-4,7,25H,5-6H2,1-2H3,(H,19,23)(H,20,21). The highest BCUT2D eigenvalue weighted by Gasteiger charge is 2.34. The van der Waals surface area contributed by atoms with Crippen LogP contribution in [0.25, 0.3) is 0 Å². The molecule has 30 heavy (non-hydrogen) atoms. The molecule has 0 saturated heterocycles. The van der Waals surface area contributed by atoms with Crippen LogP contribution in [0.15, 0.2) is 27.8 Å². The van der Waals surface area contributed by atoms with Gasteiger partial charge in [-0.3, -0.25) is 14.9 Å². The van der Waals surface area contributed by atoms with Crippen molar-refractivity contribution in [3.63, 3.8) is 0 Å². The molecule has 0 saturated carbocycles. The Bertz CT molecular complexity index is 1010. The first-order valence-corrected chi connectivity index (χ1v) is 9.31. The summed E-state index contributed by atoms with van der Waals surface area (Å²) < 4.78 is 84.6. The molecule has 1 aromatic carbocycles. The molecule has 16 heteroatoms. The first kappa shape index (κ1) is 23.5. The lowest BCUT2D eigenvalue weighted by molar-refractivity contribution is -0.139. The van der Waals surface area contributed by atoms with E-state index < -0.39 is 33.7 Å². The van der Waals surface area contributed by atoms with Crippen LogP contribution in [-0.4, -0.2) is 61.3 Å². The maximum absolute atomic E-state index is 13.7. The van der Waals surface area contributed by atoms with Gasteiger partial charge in [-0.2, -0.15) is 25.9 Å². The minimum absolute atomic E-state index is 0.0814. The summed E-state index contributed by atoms with van der Waals surface area (Å²) in [6.07, 6.45) is -4.88. The van der Waals surface area contributed by atoms with Gasteiger partial charge in [-0.1, -0.05) is 0 Å². The van der Waals surface area contributed by atoms with Crippen molar-refractivity contribution in [3.05, 3.63) is 35.3 Å². The van der Waals surface area contributed by atoms with Crippen molar-refractivity contribution in [1.82, 2.24) is 20.1 Å². The molecule has 0 amide bonds. The fraction of sp³-hybridized carbons (Fsp3) is 0.357. The summed E-state index contributed by atoms with van der Waals surface area (Å²) in [5.74, 6) is -2.09. The largest absolute Gasteiger partial charge is 0.419 e. The highest BCUT2D eigenvalue weighted by Crippen LogP contribution is 2.33. The van der Waals surface area contributed by atoms with Crippen LogP contribution in [-0.2, 0) is 20.7 Å². The van der Waals surface area contributed by atoms with Gasteiger partial charge in [0.15, 0.2) is 11.5 Å². The number of aromatic nitrogens is 2. The Hall–Kier alpha value is -2.82. The molecular formula is C14H16F4N6O5S. The number of hydrogen-bond donors (Lipinski definition) is 3. The molecule has 2 rings (SSSR count). The SMILES string of the molecule is CN(C)S(=O)(=O)OCCNc1nonc1C(=Nc1ccc(C(F)(F)F)c(F)c1)NO. The zero-order valence-corrected chi connectivity index (χ0v) is 16.3. The van der Waals surface area contributed by atoms with Crippen LogP contribution in [0.3, 0.4) is 0 Å². The lowest BCUT2D eigenvalue weighted by Crippen LogP contribution is -2.27. The molecule has 1 heterocycles. The number of alkyl halides is 3. The van der Waals surface area contributed by atoms with Crippen molar-refractivity contribution in [2.24, 2.45) is 4.99 Å². The van der Waals surface area contributed by atoms with E-state index in [-0.39, 0.29) is 30.4 Å². The van der Waals surface area contributed by atoms with Crippen LogP contribution in [0.5, 0.6) is 0 Å². The van der Waals surface area contributed by atoms with Crippen LogP contribution in [0.1, 0.15) is 11.3 Å². The number of nitrogens with one attached hydrogen (secondary N) is 2. The van der Waals surface area contributed by atoms with Gasteiger partial charge in [-0.15, -0.1) is 0 Å². The normalized spacial score (nSPS) is 13.0. The average Bonchev–Trinajstić information content (AvgIpc) is 3.10. The van der Waals surface area contributed by atoms with Crippen LogP contribution in [0.4, 0.5) is 29.1 Å². The Morgan fingerprint density at radius 3 is 2.60 bits per heavy atom. The number of hydroxylamine groups is 1. The van der Waals surface area contributed by atoms with Gasteiger partial charge in [0.25, 0.3) is 0 Å². The van der Waals surface area contributed by atoms with Gasteiger partial charge >= 0.3 is 16.5 Å². The number of aliphatic imine (C=N–C) groups is 1. The van der Waals surface area contributed by atoms with Crippen molar-refractivity contribution in [2.45, 2.75) is 6.18 Å². The Balaban J connectivity index is 2.15. The Kier molecular flexibility index (Phi) is 7.30. The highest BCUT2D eigenvalue weighted by molar-refractivity contribution is 7.84. The molecule has 2 aromatic rings. The zero-order valence-electron chi connectivity index (χ0n) is 15.4. The number of rotatable bonds is 8. The molecule has 0 aliphatic heterocycles. The van der Waals surface area contributed by atoms with Crippen LogP contribution in [0, 0.1) is 5.82 Å². The van der Waals surface area contributed by atoms with E-state index in [4.69, 9.17) is 4.18 Å². The lowest BCUT2D eigenvalue weighted by Gasteiger charge is -2.11. The molecule has 0 fully saturated rings. The van der Waals surface area contributed by atoms with E-state index in [0.29, 0.717) is 12.1 Å². The molecule has 3 N–H and O–H groups in total. The number of halogens is 4. The molecule has 0 radical (unpaired) electrons. The summed E-state index contributed by atoms with van der Waals surface area (Å²) in [5, 5.41) is 18.9. The summed E-state index contributed by atoms with van der Waals surface area (Å²) in [7, 11) is -1.33. The van der Waals surface area contributed by atoms with E-state index in [1.54, 1.807) is 5.48 Å². The maximum Gasteiger partial charge on any atom is 0.419 e. The number of benzene rings is 1. The predicted molar refractivity (Wildman–Crippen MR) is 93.9 cm³/mol. The Morgan fingerprint density at radius 2 is 2.03 bits per heavy atom. The summed E-state index contributed by atoms with van der Waals surface area (Å²) >= 11 is 0. The molecule has 0 aliphatic rings.